The van der Waals surface area contributed by atoms with Gasteiger partial charge in [0.2, 0.25) is 0 Å². The molecule has 114 valence electrons. The lowest BCUT2D eigenvalue weighted by atomic mass is 9.97. The van der Waals surface area contributed by atoms with Gasteiger partial charge in [0, 0.05) is 12.7 Å². The van der Waals surface area contributed by atoms with Crippen LogP contribution in [0.3, 0.4) is 0 Å². The third kappa shape index (κ3) is 4.39. The van der Waals surface area contributed by atoms with Gasteiger partial charge in [0.05, 0.1) is 26.4 Å². The predicted octanol–water partition coefficient (Wildman–Crippen LogP) is 3.17. The second-order valence-electron chi connectivity index (χ2n) is 4.69. The highest BCUT2D eigenvalue weighted by atomic mass is 16.5. The van der Waals surface area contributed by atoms with Crippen LogP contribution in [-0.4, -0.2) is 34.0 Å². The van der Waals surface area contributed by atoms with Crippen LogP contribution in [0.15, 0.2) is 18.2 Å². The molecule has 1 rings (SSSR count). The maximum atomic E-state index is 5.89. The van der Waals surface area contributed by atoms with Crippen molar-refractivity contribution < 1.29 is 14.2 Å². The van der Waals surface area contributed by atoms with Gasteiger partial charge >= 0.3 is 0 Å². The predicted molar refractivity (Wildman–Crippen MR) is 81.7 cm³/mol. The Kier molecular flexibility index (Phi) is 7.41. The number of methoxy groups -OCH3 is 2. The summed E-state index contributed by atoms with van der Waals surface area (Å²) in [6.07, 6.45) is 2.25. The zero-order valence-electron chi connectivity index (χ0n) is 13.2. The second kappa shape index (κ2) is 8.82. The third-order valence-electron chi connectivity index (χ3n) is 3.37. The molecule has 0 aliphatic heterocycles. The smallest absolute Gasteiger partial charge is 0.122 e. The van der Waals surface area contributed by atoms with E-state index >= 15 is 0 Å². The first kappa shape index (κ1) is 16.8. The molecule has 2 unspecified atom stereocenters. The van der Waals surface area contributed by atoms with Crippen LogP contribution in [0, 0.1) is 0 Å². The largest absolute Gasteiger partial charge is 0.497 e. The fourth-order valence-electron chi connectivity index (χ4n) is 2.42. The van der Waals surface area contributed by atoms with Crippen LogP contribution in [0.1, 0.15) is 38.3 Å². The van der Waals surface area contributed by atoms with Crippen LogP contribution in [0.2, 0.25) is 0 Å². The van der Waals surface area contributed by atoms with Gasteiger partial charge in [0.25, 0.3) is 0 Å². The van der Waals surface area contributed by atoms with Crippen molar-refractivity contribution in [2.75, 3.05) is 27.9 Å². The number of nitrogens with one attached hydrogen (secondary N) is 1. The molecule has 1 N–H and O–H groups in total. The van der Waals surface area contributed by atoms with Crippen molar-refractivity contribution in [3.05, 3.63) is 23.8 Å². The fraction of sp³-hybridized carbons (Fsp3) is 0.625. The second-order valence-corrected chi connectivity index (χ2v) is 4.69. The minimum Gasteiger partial charge on any atom is -0.497 e. The van der Waals surface area contributed by atoms with Crippen LogP contribution in [0.4, 0.5) is 0 Å². The Morgan fingerprint density at radius 2 is 1.65 bits per heavy atom. The summed E-state index contributed by atoms with van der Waals surface area (Å²) in [5, 5.41) is 3.35. The Morgan fingerprint density at radius 3 is 2.05 bits per heavy atom. The van der Waals surface area contributed by atoms with Crippen LogP contribution in [0.5, 0.6) is 11.5 Å². The first-order valence-corrected chi connectivity index (χ1v) is 7.21. The summed E-state index contributed by atoms with van der Waals surface area (Å²) in [5.74, 6) is 1.60. The molecule has 0 amide bonds. The van der Waals surface area contributed by atoms with Crippen molar-refractivity contribution in [1.29, 1.82) is 0 Å². The van der Waals surface area contributed by atoms with E-state index < -0.39 is 0 Å². The normalized spacial score (nSPS) is 13.8. The van der Waals surface area contributed by atoms with Crippen molar-refractivity contribution in [3.8, 4) is 11.5 Å². The van der Waals surface area contributed by atoms with E-state index in [0.717, 1.165) is 29.9 Å². The standard InChI is InChI=1S/C16H27NO3/c1-6-8-15(20-7-2)16(17-3)12-9-13(18-4)11-14(10-12)19-5/h9-11,15-17H,6-8H2,1-5H3. The molecule has 0 aliphatic rings. The first-order valence-electron chi connectivity index (χ1n) is 7.21. The Bertz CT molecular complexity index is 367. The van der Waals surface area contributed by atoms with E-state index in [2.05, 4.69) is 12.2 Å². The van der Waals surface area contributed by atoms with E-state index in [0.29, 0.717) is 6.61 Å². The molecule has 0 fully saturated rings. The molecule has 20 heavy (non-hydrogen) atoms. The molecule has 0 bridgehead atoms. The molecule has 0 saturated heterocycles. The van der Waals surface area contributed by atoms with E-state index in [1.54, 1.807) is 14.2 Å². The summed E-state index contributed by atoms with van der Waals surface area (Å²) in [7, 11) is 5.29. The maximum absolute atomic E-state index is 5.89. The van der Waals surface area contributed by atoms with Gasteiger partial charge in [-0.25, -0.2) is 0 Å². The molecular formula is C16H27NO3. The van der Waals surface area contributed by atoms with Gasteiger partial charge in [-0.3, -0.25) is 0 Å². The summed E-state index contributed by atoms with van der Waals surface area (Å²) >= 11 is 0. The summed E-state index contributed by atoms with van der Waals surface area (Å²) < 4.78 is 16.6. The minimum absolute atomic E-state index is 0.124. The summed E-state index contributed by atoms with van der Waals surface area (Å²) in [6, 6.07) is 6.07. The molecule has 1 aromatic rings. The minimum atomic E-state index is 0.124. The van der Waals surface area contributed by atoms with Gasteiger partial charge in [0.15, 0.2) is 0 Å². The zero-order chi connectivity index (χ0) is 15.0. The Labute approximate surface area is 122 Å². The van der Waals surface area contributed by atoms with Crippen LogP contribution in [0.25, 0.3) is 0 Å². The van der Waals surface area contributed by atoms with E-state index in [4.69, 9.17) is 14.2 Å². The fourth-order valence-corrected chi connectivity index (χ4v) is 2.42. The molecule has 0 radical (unpaired) electrons. The van der Waals surface area contributed by atoms with Crippen LogP contribution >= 0.6 is 0 Å². The van der Waals surface area contributed by atoms with Gasteiger partial charge in [-0.2, -0.15) is 0 Å². The topological polar surface area (TPSA) is 39.7 Å². The van der Waals surface area contributed by atoms with Crippen LogP contribution < -0.4 is 14.8 Å². The molecule has 1 aromatic carbocycles. The van der Waals surface area contributed by atoms with E-state index in [-0.39, 0.29) is 12.1 Å². The number of ether oxygens (including phenoxy) is 3. The van der Waals surface area contributed by atoms with Gasteiger partial charge in [0.1, 0.15) is 11.5 Å². The van der Waals surface area contributed by atoms with Gasteiger partial charge < -0.3 is 19.5 Å². The Balaban J connectivity index is 3.08. The molecule has 0 spiro atoms. The van der Waals surface area contributed by atoms with Crippen molar-refractivity contribution in [2.24, 2.45) is 0 Å². The summed E-state index contributed by atoms with van der Waals surface area (Å²) in [4.78, 5) is 0. The lowest BCUT2D eigenvalue weighted by Gasteiger charge is -2.27. The molecule has 0 aromatic heterocycles. The highest BCUT2D eigenvalue weighted by molar-refractivity contribution is 5.40. The SMILES string of the molecule is CCCC(OCC)C(NC)c1cc(OC)cc(OC)c1. The molecule has 0 saturated carbocycles. The van der Waals surface area contributed by atoms with Crippen molar-refractivity contribution >= 4 is 0 Å². The van der Waals surface area contributed by atoms with Gasteiger partial charge in [-0.05, 0) is 38.1 Å². The number of hydrogen-bond donors (Lipinski definition) is 1. The van der Waals surface area contributed by atoms with Crippen molar-refractivity contribution in [1.82, 2.24) is 5.32 Å². The first-order chi connectivity index (χ1) is 9.69. The highest BCUT2D eigenvalue weighted by Gasteiger charge is 2.22. The average molecular weight is 281 g/mol. The van der Waals surface area contributed by atoms with Gasteiger partial charge in [-0.15, -0.1) is 0 Å². The van der Waals surface area contributed by atoms with Crippen molar-refractivity contribution in [2.45, 2.75) is 38.8 Å². The number of likely N-dealkylation sites (N-methyl/N-ethyl adjacent to an activating group) is 1. The summed E-state index contributed by atoms with van der Waals surface area (Å²) in [5.41, 5.74) is 1.12. The van der Waals surface area contributed by atoms with E-state index in [1.807, 2.05) is 32.2 Å². The maximum Gasteiger partial charge on any atom is 0.122 e. The van der Waals surface area contributed by atoms with Crippen molar-refractivity contribution in [3.63, 3.8) is 0 Å². The Hall–Kier alpha value is -1.26. The molecule has 4 heteroatoms. The molecule has 4 nitrogen and oxygen atoms in total. The average Bonchev–Trinajstić information content (AvgIpc) is 2.48. The number of rotatable bonds is 9. The molecule has 2 atom stereocenters. The van der Waals surface area contributed by atoms with Gasteiger partial charge in [-0.1, -0.05) is 13.3 Å². The molecule has 0 heterocycles. The number of benzene rings is 1. The van der Waals surface area contributed by atoms with E-state index in [9.17, 15) is 0 Å². The Morgan fingerprint density at radius 1 is 1.05 bits per heavy atom. The monoisotopic (exact) mass is 281 g/mol. The highest BCUT2D eigenvalue weighted by Crippen LogP contribution is 2.30. The van der Waals surface area contributed by atoms with E-state index in [1.165, 1.54) is 0 Å². The lowest BCUT2D eigenvalue weighted by Crippen LogP contribution is -2.31. The van der Waals surface area contributed by atoms with Crippen LogP contribution in [-0.2, 0) is 4.74 Å². The summed E-state index contributed by atoms with van der Waals surface area (Å²) in [6.45, 7) is 4.91. The number of hydrogen-bond acceptors (Lipinski definition) is 4. The third-order valence-corrected chi connectivity index (χ3v) is 3.37. The molecule has 0 aliphatic carbocycles. The molecular weight excluding hydrogens is 254 g/mol. The lowest BCUT2D eigenvalue weighted by molar-refractivity contribution is 0.0295. The quantitative estimate of drug-likeness (QED) is 0.754. The zero-order valence-corrected chi connectivity index (χ0v) is 13.2.